The van der Waals surface area contributed by atoms with E-state index in [2.05, 4.69) is 0 Å². The Bertz CT molecular complexity index is 193. The van der Waals surface area contributed by atoms with Crippen molar-refractivity contribution in [3.63, 3.8) is 0 Å². The van der Waals surface area contributed by atoms with E-state index in [4.69, 9.17) is 0 Å². The second-order valence-corrected chi connectivity index (χ2v) is 3.12. The van der Waals surface area contributed by atoms with Gasteiger partial charge in [0.05, 0.1) is 0 Å². The first-order chi connectivity index (χ1) is 7.29. The van der Waals surface area contributed by atoms with Crippen molar-refractivity contribution in [2.24, 2.45) is 0 Å². The number of allylic oxidation sites excluding steroid dienone is 2. The Morgan fingerprint density at radius 3 is 1.75 bits per heavy atom. The maximum atomic E-state index is 10.5. The van der Waals surface area contributed by atoms with Crippen molar-refractivity contribution in [3.8, 4) is 0 Å². The van der Waals surface area contributed by atoms with Gasteiger partial charge < -0.3 is 0 Å². The van der Waals surface area contributed by atoms with Crippen LogP contribution in [-0.4, -0.2) is 5.78 Å². The molecular weight excluding hydrogens is 240 g/mol. The van der Waals surface area contributed by atoms with Gasteiger partial charge in [-0.2, -0.15) is 0 Å². The fraction of sp³-hybridized carbons (Fsp3) is 0.0714. The van der Waals surface area contributed by atoms with Crippen molar-refractivity contribution >= 4 is 5.78 Å². The molecule has 0 amide bonds. The largest absolute Gasteiger partial charge is 0.295 e. The van der Waals surface area contributed by atoms with Gasteiger partial charge in [-0.25, -0.2) is 0 Å². The molecular formula is C14H14FeO. The quantitative estimate of drug-likeness (QED) is 0.546. The molecule has 10 radical (unpaired) electrons. The predicted molar refractivity (Wildman–Crippen MR) is 61.8 cm³/mol. The maximum Gasteiger partial charge on any atom is 0.152 e. The summed E-state index contributed by atoms with van der Waals surface area (Å²) < 4.78 is 0. The summed E-state index contributed by atoms with van der Waals surface area (Å²) >= 11 is 0. The van der Waals surface area contributed by atoms with Crippen LogP contribution in [0.5, 0.6) is 0 Å². The van der Waals surface area contributed by atoms with Crippen LogP contribution in [-0.2, 0) is 21.9 Å². The van der Waals surface area contributed by atoms with Crippen molar-refractivity contribution in [3.05, 3.63) is 75.9 Å². The van der Waals surface area contributed by atoms with E-state index in [-0.39, 0.29) is 22.9 Å². The van der Waals surface area contributed by atoms with Gasteiger partial charge in [0, 0.05) is 23.0 Å². The third-order valence-electron chi connectivity index (χ3n) is 1.75. The van der Waals surface area contributed by atoms with Crippen LogP contribution in [0.2, 0.25) is 0 Å². The number of hydrogen-bond donors (Lipinski definition) is 0. The zero-order valence-electron chi connectivity index (χ0n) is 9.11. The molecule has 0 saturated heterocycles. The topological polar surface area (TPSA) is 17.1 Å². The van der Waals surface area contributed by atoms with Gasteiger partial charge in [-0.15, -0.1) is 0 Å². The minimum absolute atomic E-state index is 0. The average Bonchev–Trinajstić information content (AvgIpc) is 2.91. The average molecular weight is 254 g/mol. The van der Waals surface area contributed by atoms with Crippen LogP contribution in [0.15, 0.2) is 12.2 Å². The third-order valence-corrected chi connectivity index (χ3v) is 1.75. The first-order valence-electron chi connectivity index (χ1n) is 4.86. The first-order valence-corrected chi connectivity index (χ1v) is 4.86. The van der Waals surface area contributed by atoms with E-state index in [1.807, 2.05) is 63.9 Å². The van der Waals surface area contributed by atoms with Gasteiger partial charge in [0.2, 0.25) is 0 Å². The SMILES string of the molecule is CC(=O)/C=C/[C]1[CH][CH][CH][CH]1.[CH]1[CH][CH][CH][CH]1.[Fe]. The van der Waals surface area contributed by atoms with E-state index in [0.717, 1.165) is 5.92 Å². The van der Waals surface area contributed by atoms with E-state index in [1.54, 1.807) is 13.0 Å². The van der Waals surface area contributed by atoms with Gasteiger partial charge in [-0.3, -0.25) is 4.79 Å². The number of hydrogen-bond acceptors (Lipinski definition) is 1. The van der Waals surface area contributed by atoms with E-state index < -0.39 is 0 Å². The minimum Gasteiger partial charge on any atom is -0.295 e. The van der Waals surface area contributed by atoms with Crippen LogP contribution < -0.4 is 0 Å². The first kappa shape index (κ1) is 15.9. The summed E-state index contributed by atoms with van der Waals surface area (Å²) in [6, 6.07) is 0. The van der Waals surface area contributed by atoms with Crippen molar-refractivity contribution in [2.45, 2.75) is 6.92 Å². The van der Waals surface area contributed by atoms with E-state index >= 15 is 0 Å². The van der Waals surface area contributed by atoms with Crippen LogP contribution in [0.3, 0.4) is 0 Å². The van der Waals surface area contributed by atoms with Crippen molar-refractivity contribution in [1.29, 1.82) is 0 Å². The van der Waals surface area contributed by atoms with Gasteiger partial charge in [-0.1, -0.05) is 6.08 Å². The number of carbonyl (C=O) groups is 1. The molecule has 0 unspecified atom stereocenters. The minimum atomic E-state index is 0. The second kappa shape index (κ2) is 10.1. The summed E-state index contributed by atoms with van der Waals surface area (Å²) in [5.74, 6) is 1.16. The number of carbonyl (C=O) groups excluding carboxylic acids is 1. The van der Waals surface area contributed by atoms with Crippen LogP contribution in [0.25, 0.3) is 0 Å². The van der Waals surface area contributed by atoms with Crippen molar-refractivity contribution in [2.75, 3.05) is 0 Å². The van der Waals surface area contributed by atoms with Gasteiger partial charge in [0.15, 0.2) is 5.78 Å². The summed E-state index contributed by atoms with van der Waals surface area (Å²) in [5.41, 5.74) is 0. The fourth-order valence-corrected chi connectivity index (χ4v) is 1.03. The molecule has 2 aliphatic carbocycles. The van der Waals surface area contributed by atoms with Gasteiger partial charge in [0.1, 0.15) is 0 Å². The molecule has 0 aliphatic heterocycles. The summed E-state index contributed by atoms with van der Waals surface area (Å²) in [4.78, 5) is 10.5. The molecule has 0 aromatic carbocycles. The normalized spacial score (nSPS) is 20.3. The monoisotopic (exact) mass is 254 g/mol. The smallest absolute Gasteiger partial charge is 0.152 e. The maximum absolute atomic E-state index is 10.5. The number of rotatable bonds is 2. The fourth-order valence-electron chi connectivity index (χ4n) is 1.03. The standard InChI is InChI=1S/C9H9O.C5H5.Fe/c1-8(10)6-7-9-4-2-3-5-9;1-2-4-5-3-1;/h2-7H,1H3;1-5H;/b7-6+;;. The Hall–Kier alpha value is -0.0705. The molecule has 0 heterocycles. The Labute approximate surface area is 111 Å². The molecule has 16 heavy (non-hydrogen) atoms. The van der Waals surface area contributed by atoms with Gasteiger partial charge >= 0.3 is 0 Å². The van der Waals surface area contributed by atoms with Crippen LogP contribution in [0.1, 0.15) is 6.92 Å². The molecule has 2 heteroatoms. The molecule has 0 spiro atoms. The van der Waals surface area contributed by atoms with E-state index in [9.17, 15) is 4.79 Å². The molecule has 1 nitrogen and oxygen atoms in total. The Morgan fingerprint density at radius 2 is 1.38 bits per heavy atom. The molecule has 0 aromatic heterocycles. The van der Waals surface area contributed by atoms with Gasteiger partial charge in [0.25, 0.3) is 0 Å². The van der Waals surface area contributed by atoms with Gasteiger partial charge in [-0.05, 0) is 70.8 Å². The molecule has 2 saturated carbocycles. The summed E-state index contributed by atoms with van der Waals surface area (Å²) in [6.07, 6.45) is 21.2. The molecule has 0 atom stereocenters. The molecule has 0 aromatic rings. The molecule has 84 valence electrons. The molecule has 0 N–H and O–H groups in total. The van der Waals surface area contributed by atoms with Crippen LogP contribution in [0.4, 0.5) is 0 Å². The Morgan fingerprint density at radius 1 is 0.938 bits per heavy atom. The molecule has 2 fully saturated rings. The summed E-state index contributed by atoms with van der Waals surface area (Å²) in [7, 11) is 0. The van der Waals surface area contributed by atoms with E-state index in [0.29, 0.717) is 0 Å². The molecule has 2 aliphatic rings. The summed E-state index contributed by atoms with van der Waals surface area (Å²) in [5, 5.41) is 0. The molecule has 2 rings (SSSR count). The molecule has 0 bridgehead atoms. The van der Waals surface area contributed by atoms with E-state index in [1.165, 1.54) is 0 Å². The Kier molecular flexibility index (Phi) is 10.1. The van der Waals surface area contributed by atoms with Crippen LogP contribution in [0, 0.1) is 63.7 Å². The third kappa shape index (κ3) is 8.12. The van der Waals surface area contributed by atoms with Crippen molar-refractivity contribution < 1.29 is 21.9 Å². The predicted octanol–water partition coefficient (Wildman–Crippen LogP) is 2.56. The zero-order chi connectivity index (χ0) is 10.9. The Balaban J connectivity index is 0.000000318. The van der Waals surface area contributed by atoms with Crippen molar-refractivity contribution in [1.82, 2.24) is 0 Å². The second-order valence-electron chi connectivity index (χ2n) is 3.12. The summed E-state index contributed by atoms with van der Waals surface area (Å²) in [6.45, 7) is 1.54. The number of ketones is 1. The van der Waals surface area contributed by atoms with Crippen LogP contribution >= 0.6 is 0 Å². The zero-order valence-corrected chi connectivity index (χ0v) is 10.2.